The summed E-state index contributed by atoms with van der Waals surface area (Å²) in [4.78, 5) is 22.7. The predicted octanol–water partition coefficient (Wildman–Crippen LogP) is 2.10. The molecule has 3 aromatic rings. The van der Waals surface area contributed by atoms with E-state index in [2.05, 4.69) is 25.6 Å². The molecular weight excluding hydrogens is 348 g/mol. The zero-order valence-electron chi connectivity index (χ0n) is 13.2. The first kappa shape index (κ1) is 16.7. The Morgan fingerprint density at radius 2 is 2.04 bits per heavy atom. The van der Waals surface area contributed by atoms with Crippen LogP contribution < -0.4 is 16.4 Å². The first-order valence-corrected chi connectivity index (χ1v) is 7.73. The average Bonchev–Trinajstić information content (AvgIpc) is 2.91. The van der Waals surface area contributed by atoms with Gasteiger partial charge in [-0.25, -0.2) is 15.0 Å². The first-order chi connectivity index (χ1) is 11.9. The van der Waals surface area contributed by atoms with Crippen LogP contribution in [0, 0.1) is 17.0 Å². The topological polar surface area (TPSA) is 136 Å². The van der Waals surface area contributed by atoms with Crippen molar-refractivity contribution in [1.29, 1.82) is 0 Å². The van der Waals surface area contributed by atoms with E-state index >= 15 is 0 Å². The van der Waals surface area contributed by atoms with E-state index < -0.39 is 4.92 Å². The summed E-state index contributed by atoms with van der Waals surface area (Å²) in [6.45, 7) is 2.89. The largest absolute Gasteiger partial charge is 0.378 e. The lowest BCUT2D eigenvalue weighted by atomic mass is 10.4. The Hall–Kier alpha value is -3.14. The summed E-state index contributed by atoms with van der Waals surface area (Å²) in [5.41, 5.74) is 6.90. The number of nitrogens with two attached hydrogens (primary N) is 1. The van der Waals surface area contributed by atoms with Gasteiger partial charge in [-0.2, -0.15) is 0 Å². The highest BCUT2D eigenvalue weighted by atomic mass is 35.5. The zero-order valence-corrected chi connectivity index (χ0v) is 14.0. The third kappa shape index (κ3) is 3.69. The number of hydrogen-bond donors (Lipinski definition) is 3. The second kappa shape index (κ2) is 6.77. The monoisotopic (exact) mass is 362 g/mol. The first-order valence-electron chi connectivity index (χ1n) is 7.35. The highest BCUT2D eigenvalue weighted by Crippen LogP contribution is 2.20. The van der Waals surface area contributed by atoms with Crippen LogP contribution >= 0.6 is 11.6 Å². The quantitative estimate of drug-likeness (QED) is 0.262. The highest BCUT2D eigenvalue weighted by Gasteiger charge is 2.12. The van der Waals surface area contributed by atoms with Gasteiger partial charge in [0.1, 0.15) is 16.6 Å². The Morgan fingerprint density at radius 3 is 2.76 bits per heavy atom. The molecule has 11 heteroatoms. The number of imidazole rings is 1. The number of nitro groups is 1. The summed E-state index contributed by atoms with van der Waals surface area (Å²) >= 11 is 6.00. The second-order valence-electron chi connectivity index (χ2n) is 5.22. The molecule has 0 aliphatic heterocycles. The molecule has 3 heterocycles. The van der Waals surface area contributed by atoms with Crippen LogP contribution in [0.2, 0.25) is 5.15 Å². The number of hydrogen-bond acceptors (Lipinski definition) is 8. The van der Waals surface area contributed by atoms with E-state index in [-0.39, 0.29) is 11.5 Å². The molecular formula is C14H15ClN8O2. The van der Waals surface area contributed by atoms with E-state index in [9.17, 15) is 10.1 Å². The second-order valence-corrected chi connectivity index (χ2v) is 5.61. The Bertz CT molecular complexity index is 942. The van der Waals surface area contributed by atoms with Crippen LogP contribution in [-0.4, -0.2) is 37.4 Å². The molecule has 4 N–H and O–H groups in total. The van der Waals surface area contributed by atoms with Gasteiger partial charge >= 0.3 is 5.69 Å². The molecule has 3 rings (SSSR count). The number of pyridine rings is 1. The lowest BCUT2D eigenvalue weighted by molar-refractivity contribution is -0.384. The van der Waals surface area contributed by atoms with Gasteiger partial charge in [0.25, 0.3) is 0 Å². The van der Waals surface area contributed by atoms with E-state index in [1.165, 1.54) is 12.1 Å². The number of halogens is 1. The minimum atomic E-state index is -0.573. The molecule has 0 amide bonds. The molecule has 0 unspecified atom stereocenters. The van der Waals surface area contributed by atoms with E-state index in [1.807, 2.05) is 17.5 Å². The Balaban J connectivity index is 1.62. The number of nitrogen functional groups attached to an aromatic ring is 1. The van der Waals surface area contributed by atoms with E-state index in [0.29, 0.717) is 35.7 Å². The van der Waals surface area contributed by atoms with Gasteiger partial charge < -0.3 is 16.4 Å². The summed E-state index contributed by atoms with van der Waals surface area (Å²) in [5, 5.41) is 17.2. The van der Waals surface area contributed by atoms with Crippen molar-refractivity contribution >= 4 is 40.5 Å². The smallest absolute Gasteiger partial charge is 0.311 e. The standard InChI is InChI=1S/C14H15ClN8O2/c1-8-7-22-12(19-8)6-10(15)20-14(22)18-5-4-17-11-3-2-9(23(24)25)13(16)21-11/h2-3,6-7H,4-5H2,1H3,(H,18,20)(H3,16,17,21). The van der Waals surface area contributed by atoms with Gasteiger partial charge in [0.15, 0.2) is 0 Å². The van der Waals surface area contributed by atoms with Crippen LogP contribution in [0.1, 0.15) is 5.69 Å². The predicted molar refractivity (Wildman–Crippen MR) is 95.0 cm³/mol. The average molecular weight is 363 g/mol. The Labute approximate surface area is 147 Å². The number of fused-ring (bicyclic) bond motifs is 1. The van der Waals surface area contributed by atoms with Gasteiger partial charge in [0.2, 0.25) is 11.8 Å². The molecule has 0 fully saturated rings. The number of aryl methyl sites for hydroxylation is 1. The molecule has 130 valence electrons. The van der Waals surface area contributed by atoms with Crippen LogP contribution in [0.3, 0.4) is 0 Å². The van der Waals surface area contributed by atoms with Crippen molar-refractivity contribution in [3.05, 3.63) is 45.4 Å². The van der Waals surface area contributed by atoms with E-state index in [1.54, 1.807) is 6.07 Å². The van der Waals surface area contributed by atoms with Gasteiger partial charge in [0, 0.05) is 31.4 Å². The Kier molecular flexibility index (Phi) is 4.52. The minimum absolute atomic E-state index is 0.130. The van der Waals surface area contributed by atoms with Crippen LogP contribution in [-0.2, 0) is 0 Å². The fourth-order valence-corrected chi connectivity index (χ4v) is 2.47. The number of rotatable bonds is 6. The van der Waals surface area contributed by atoms with Crippen molar-refractivity contribution < 1.29 is 4.92 Å². The van der Waals surface area contributed by atoms with Gasteiger partial charge in [0.05, 0.1) is 10.6 Å². The van der Waals surface area contributed by atoms with Crippen molar-refractivity contribution in [3.63, 3.8) is 0 Å². The molecule has 0 saturated carbocycles. The fraction of sp³-hybridized carbons (Fsp3) is 0.214. The number of aromatic nitrogens is 4. The van der Waals surface area contributed by atoms with Gasteiger partial charge in [-0.3, -0.25) is 14.5 Å². The number of anilines is 3. The molecule has 0 spiro atoms. The van der Waals surface area contributed by atoms with Crippen molar-refractivity contribution in [1.82, 2.24) is 19.4 Å². The summed E-state index contributed by atoms with van der Waals surface area (Å²) in [5.74, 6) is 0.892. The van der Waals surface area contributed by atoms with E-state index in [0.717, 1.165) is 5.69 Å². The van der Waals surface area contributed by atoms with E-state index in [4.69, 9.17) is 17.3 Å². The lowest BCUT2D eigenvalue weighted by Crippen LogP contribution is -2.17. The number of nitrogens with zero attached hydrogens (tertiary/aromatic N) is 5. The summed E-state index contributed by atoms with van der Waals surface area (Å²) in [6, 6.07) is 4.50. The molecule has 10 nitrogen and oxygen atoms in total. The SMILES string of the molecule is Cc1cn2c(NCCNc3ccc([N+](=O)[O-])c(N)n3)nc(Cl)cc2n1. The number of nitrogens with one attached hydrogen (secondary N) is 2. The van der Waals surface area contributed by atoms with Crippen LogP contribution in [0.25, 0.3) is 5.65 Å². The van der Waals surface area contributed by atoms with Crippen LogP contribution in [0.4, 0.5) is 23.3 Å². The van der Waals surface area contributed by atoms with Crippen LogP contribution in [0.5, 0.6) is 0 Å². The maximum absolute atomic E-state index is 10.7. The van der Waals surface area contributed by atoms with Gasteiger partial charge in [-0.15, -0.1) is 0 Å². The van der Waals surface area contributed by atoms with Crippen molar-refractivity contribution in [2.24, 2.45) is 0 Å². The fourth-order valence-electron chi connectivity index (χ4n) is 2.29. The molecule has 0 aliphatic rings. The molecule has 0 aromatic carbocycles. The van der Waals surface area contributed by atoms with Gasteiger partial charge in [-0.1, -0.05) is 11.6 Å². The summed E-state index contributed by atoms with van der Waals surface area (Å²) in [6.07, 6.45) is 1.85. The van der Waals surface area contributed by atoms with Crippen molar-refractivity contribution in [2.45, 2.75) is 6.92 Å². The summed E-state index contributed by atoms with van der Waals surface area (Å²) < 4.78 is 1.81. The lowest BCUT2D eigenvalue weighted by Gasteiger charge is -2.10. The maximum Gasteiger partial charge on any atom is 0.311 e. The third-order valence-electron chi connectivity index (χ3n) is 3.36. The summed E-state index contributed by atoms with van der Waals surface area (Å²) in [7, 11) is 0. The molecule has 0 bridgehead atoms. The molecule has 0 radical (unpaired) electrons. The normalized spacial score (nSPS) is 10.8. The van der Waals surface area contributed by atoms with Crippen molar-refractivity contribution in [2.75, 3.05) is 29.5 Å². The molecule has 3 aromatic heterocycles. The molecule has 0 aliphatic carbocycles. The third-order valence-corrected chi connectivity index (χ3v) is 3.55. The zero-order chi connectivity index (χ0) is 18.0. The molecule has 0 saturated heterocycles. The van der Waals surface area contributed by atoms with Crippen molar-refractivity contribution in [3.8, 4) is 0 Å². The van der Waals surface area contributed by atoms with Gasteiger partial charge in [-0.05, 0) is 13.0 Å². The molecule has 25 heavy (non-hydrogen) atoms. The minimum Gasteiger partial charge on any atom is -0.378 e. The highest BCUT2D eigenvalue weighted by molar-refractivity contribution is 6.29. The van der Waals surface area contributed by atoms with Crippen LogP contribution in [0.15, 0.2) is 24.4 Å². The maximum atomic E-state index is 10.7. The molecule has 0 atom stereocenters. The Morgan fingerprint density at radius 1 is 1.28 bits per heavy atom.